The third-order valence-electron chi connectivity index (χ3n) is 3.12. The smallest absolute Gasteiger partial charge is 0.227 e. The summed E-state index contributed by atoms with van der Waals surface area (Å²) in [6.45, 7) is 1.19. The molecule has 1 aromatic carbocycles. The first kappa shape index (κ1) is 14.1. The van der Waals surface area contributed by atoms with Gasteiger partial charge in [-0.1, -0.05) is 36.5 Å². The highest BCUT2D eigenvalue weighted by molar-refractivity contribution is 7.85. The summed E-state index contributed by atoms with van der Waals surface area (Å²) in [4.78, 5) is 14.2. The van der Waals surface area contributed by atoms with Gasteiger partial charge in [-0.15, -0.1) is 0 Å². The first-order valence-electron chi connectivity index (χ1n) is 6.08. The van der Waals surface area contributed by atoms with Gasteiger partial charge in [0.15, 0.2) is 0 Å². The van der Waals surface area contributed by atoms with Crippen LogP contribution in [-0.4, -0.2) is 44.6 Å². The van der Waals surface area contributed by atoms with Crippen molar-refractivity contribution in [1.29, 1.82) is 0 Å². The van der Waals surface area contributed by atoms with Gasteiger partial charge < -0.3 is 10.6 Å². The summed E-state index contributed by atoms with van der Waals surface area (Å²) in [6.07, 6.45) is 0.365. The quantitative estimate of drug-likeness (QED) is 0.823. The van der Waals surface area contributed by atoms with Crippen LogP contribution in [0.15, 0.2) is 24.3 Å². The fraction of sp³-hybridized carbons (Fsp3) is 0.385. The summed E-state index contributed by atoms with van der Waals surface area (Å²) < 4.78 is 11.2. The summed E-state index contributed by atoms with van der Waals surface area (Å²) >= 11 is 4.88. The topological polar surface area (TPSA) is 63.4 Å². The highest BCUT2D eigenvalue weighted by Crippen LogP contribution is 2.08. The summed E-state index contributed by atoms with van der Waals surface area (Å²) in [5, 5.41) is 0. The van der Waals surface area contributed by atoms with Crippen LogP contribution in [0.25, 0.3) is 0 Å². The summed E-state index contributed by atoms with van der Waals surface area (Å²) in [5.41, 5.74) is 7.27. The van der Waals surface area contributed by atoms with E-state index >= 15 is 0 Å². The molecule has 102 valence electrons. The molecule has 6 heteroatoms. The van der Waals surface area contributed by atoms with Gasteiger partial charge >= 0.3 is 0 Å². The lowest BCUT2D eigenvalue weighted by molar-refractivity contribution is -0.130. The van der Waals surface area contributed by atoms with Crippen molar-refractivity contribution in [3.05, 3.63) is 35.4 Å². The van der Waals surface area contributed by atoms with Crippen LogP contribution in [0.2, 0.25) is 0 Å². The number of amides is 1. The molecule has 0 bridgehead atoms. The molecule has 1 heterocycles. The number of benzene rings is 1. The SMILES string of the molecule is NC(=S)c1ccc(CC(=O)N2CCS(=O)CC2)cc1. The monoisotopic (exact) mass is 296 g/mol. The van der Waals surface area contributed by atoms with Crippen molar-refractivity contribution in [3.8, 4) is 0 Å². The first-order chi connectivity index (χ1) is 9.06. The third kappa shape index (κ3) is 3.84. The molecule has 0 atom stereocenters. The Labute approximate surface area is 120 Å². The van der Waals surface area contributed by atoms with Crippen molar-refractivity contribution < 1.29 is 9.00 Å². The molecule has 0 unspecified atom stereocenters. The van der Waals surface area contributed by atoms with Crippen LogP contribution in [-0.2, 0) is 22.0 Å². The molecule has 19 heavy (non-hydrogen) atoms. The van der Waals surface area contributed by atoms with E-state index in [0.29, 0.717) is 36.0 Å². The zero-order chi connectivity index (χ0) is 13.8. The van der Waals surface area contributed by atoms with Crippen LogP contribution < -0.4 is 5.73 Å². The van der Waals surface area contributed by atoms with E-state index in [1.807, 2.05) is 24.3 Å². The number of hydrogen-bond acceptors (Lipinski definition) is 3. The minimum atomic E-state index is -0.754. The number of carbonyl (C=O) groups is 1. The van der Waals surface area contributed by atoms with E-state index in [1.54, 1.807) is 4.90 Å². The fourth-order valence-corrected chi connectivity index (χ4v) is 3.15. The minimum absolute atomic E-state index is 0.0831. The summed E-state index contributed by atoms with van der Waals surface area (Å²) in [7, 11) is -0.754. The van der Waals surface area contributed by atoms with Crippen LogP contribution in [0.4, 0.5) is 0 Å². The van der Waals surface area contributed by atoms with Crippen molar-refractivity contribution >= 4 is 33.9 Å². The molecule has 0 radical (unpaired) electrons. The van der Waals surface area contributed by atoms with Crippen molar-refractivity contribution in [2.24, 2.45) is 5.73 Å². The van der Waals surface area contributed by atoms with E-state index in [9.17, 15) is 9.00 Å². The Kier molecular flexibility index (Phi) is 4.66. The Bertz CT molecular complexity index is 504. The molecule has 4 nitrogen and oxygen atoms in total. The van der Waals surface area contributed by atoms with Gasteiger partial charge in [-0.3, -0.25) is 9.00 Å². The zero-order valence-corrected chi connectivity index (χ0v) is 12.1. The van der Waals surface area contributed by atoms with Crippen LogP contribution in [0.5, 0.6) is 0 Å². The van der Waals surface area contributed by atoms with Crippen LogP contribution in [0.3, 0.4) is 0 Å². The predicted octanol–water partition coefficient (Wildman–Crippen LogP) is 0.454. The largest absolute Gasteiger partial charge is 0.389 e. The lowest BCUT2D eigenvalue weighted by Gasteiger charge is -2.26. The summed E-state index contributed by atoms with van der Waals surface area (Å²) in [5.74, 6) is 1.26. The minimum Gasteiger partial charge on any atom is -0.389 e. The van der Waals surface area contributed by atoms with E-state index in [-0.39, 0.29) is 5.91 Å². The molecule has 1 saturated heterocycles. The van der Waals surface area contributed by atoms with E-state index < -0.39 is 10.8 Å². The average molecular weight is 296 g/mol. The molecular weight excluding hydrogens is 280 g/mol. The number of nitrogens with zero attached hydrogens (tertiary/aromatic N) is 1. The van der Waals surface area contributed by atoms with Crippen LogP contribution in [0, 0.1) is 0 Å². The van der Waals surface area contributed by atoms with Crippen LogP contribution >= 0.6 is 12.2 Å². The van der Waals surface area contributed by atoms with Gasteiger partial charge in [-0.25, -0.2) is 0 Å². The molecule has 0 spiro atoms. The molecule has 2 N–H and O–H groups in total. The van der Waals surface area contributed by atoms with E-state index in [0.717, 1.165) is 11.1 Å². The van der Waals surface area contributed by atoms with E-state index in [4.69, 9.17) is 18.0 Å². The Morgan fingerprint density at radius 1 is 1.26 bits per heavy atom. The Balaban J connectivity index is 1.95. The highest BCUT2D eigenvalue weighted by atomic mass is 32.2. The third-order valence-corrected chi connectivity index (χ3v) is 4.64. The van der Waals surface area contributed by atoms with Gasteiger partial charge in [0.25, 0.3) is 0 Å². The molecule has 0 aliphatic carbocycles. The Morgan fingerprint density at radius 3 is 2.37 bits per heavy atom. The number of nitrogens with two attached hydrogens (primary N) is 1. The lowest BCUT2D eigenvalue weighted by Crippen LogP contribution is -2.42. The van der Waals surface area contributed by atoms with Crippen molar-refractivity contribution in [3.63, 3.8) is 0 Å². The van der Waals surface area contributed by atoms with Crippen LogP contribution in [0.1, 0.15) is 11.1 Å². The van der Waals surface area contributed by atoms with Gasteiger partial charge in [0, 0.05) is 41.0 Å². The van der Waals surface area contributed by atoms with E-state index in [1.165, 1.54) is 0 Å². The van der Waals surface area contributed by atoms with Gasteiger partial charge in [0.05, 0.1) is 6.42 Å². The van der Waals surface area contributed by atoms with Gasteiger partial charge in [-0.2, -0.15) is 0 Å². The van der Waals surface area contributed by atoms with Crippen molar-refractivity contribution in [2.45, 2.75) is 6.42 Å². The molecule has 0 aromatic heterocycles. The average Bonchev–Trinajstić information content (AvgIpc) is 2.40. The zero-order valence-electron chi connectivity index (χ0n) is 10.5. The Morgan fingerprint density at radius 2 is 1.84 bits per heavy atom. The van der Waals surface area contributed by atoms with Gasteiger partial charge in [0.1, 0.15) is 4.99 Å². The molecule has 0 saturated carbocycles. The van der Waals surface area contributed by atoms with Gasteiger partial charge in [0.2, 0.25) is 5.91 Å². The second-order valence-electron chi connectivity index (χ2n) is 4.47. The molecule has 1 aromatic rings. The molecule has 2 rings (SSSR count). The summed E-state index contributed by atoms with van der Waals surface area (Å²) in [6, 6.07) is 7.40. The highest BCUT2D eigenvalue weighted by Gasteiger charge is 2.19. The maximum Gasteiger partial charge on any atom is 0.227 e. The predicted molar refractivity (Wildman–Crippen MR) is 80.5 cm³/mol. The number of carbonyl (C=O) groups excluding carboxylic acids is 1. The standard InChI is InChI=1S/C13H16N2O2S2/c14-13(18)11-3-1-10(2-4-11)9-12(16)15-5-7-19(17)8-6-15/h1-4H,5-9H2,(H2,14,18). The molecule has 1 aliphatic rings. The normalized spacial score (nSPS) is 16.3. The maximum absolute atomic E-state index is 12.1. The lowest BCUT2D eigenvalue weighted by atomic mass is 10.1. The fourth-order valence-electron chi connectivity index (χ4n) is 1.96. The van der Waals surface area contributed by atoms with Crippen molar-refractivity contribution in [1.82, 2.24) is 4.90 Å². The number of hydrogen-bond donors (Lipinski definition) is 1. The molecular formula is C13H16N2O2S2. The van der Waals surface area contributed by atoms with Gasteiger partial charge in [-0.05, 0) is 5.56 Å². The molecule has 1 fully saturated rings. The number of thiocarbonyl (C=S) groups is 1. The second-order valence-corrected chi connectivity index (χ2v) is 6.60. The maximum atomic E-state index is 12.1. The molecule has 1 aliphatic heterocycles. The first-order valence-corrected chi connectivity index (χ1v) is 7.97. The number of rotatable bonds is 3. The molecule has 1 amide bonds. The second kappa shape index (κ2) is 6.25. The van der Waals surface area contributed by atoms with Crippen molar-refractivity contribution in [2.75, 3.05) is 24.6 Å². The van der Waals surface area contributed by atoms with E-state index in [2.05, 4.69) is 0 Å². The Hall–Kier alpha value is -1.27.